The van der Waals surface area contributed by atoms with Crippen LogP contribution >= 0.6 is 0 Å². The van der Waals surface area contributed by atoms with Crippen molar-refractivity contribution in [1.82, 2.24) is 0 Å². The topological polar surface area (TPSA) is 129 Å². The van der Waals surface area contributed by atoms with E-state index in [-0.39, 0.29) is 29.8 Å². The molecule has 0 aromatic heterocycles. The molecule has 0 aliphatic carbocycles. The molecule has 0 aromatic rings. The highest BCUT2D eigenvalue weighted by molar-refractivity contribution is 5.88. The van der Waals surface area contributed by atoms with Crippen molar-refractivity contribution < 1.29 is 39.4 Å². The molecule has 2 heterocycles. The number of aliphatic hydroxyl groups is 4. The molecule has 0 saturated carbocycles. The van der Waals surface area contributed by atoms with Gasteiger partial charge in [0.15, 0.2) is 0 Å². The van der Waals surface area contributed by atoms with Crippen LogP contribution < -0.4 is 0 Å². The van der Waals surface area contributed by atoms with E-state index < -0.39 is 48.7 Å². The standard InChI is InChI=1S/C33H54O8/c1-19-17-21(3)29(36)32-31(41-32)27(35)13-11-9-10-12-14-28(40-33(38)22(4)18-19)20(2)15-16-26(34)24(6)30(37)23(5)25(7)39-8/h9-12,17-18,20-21,23-32,34-37H,13-16H2,1-8H3/b11-9+,12-10-,19-17-,22-18+/t20-,21-,23-,24-,25+,26+,27?,28+,29+,30+,31?,32+/m1/s1. The number of carbonyl (C=O) groups is 1. The maximum Gasteiger partial charge on any atom is 0.334 e. The minimum absolute atomic E-state index is 0.0436. The quantitative estimate of drug-likeness (QED) is 0.236. The molecule has 0 radical (unpaired) electrons. The highest BCUT2D eigenvalue weighted by Crippen LogP contribution is 2.34. The predicted octanol–water partition coefficient (Wildman–Crippen LogP) is 4.27. The number of allylic oxidation sites excluding steroid dienone is 4. The van der Waals surface area contributed by atoms with Gasteiger partial charge in [0.2, 0.25) is 0 Å². The molecule has 8 heteroatoms. The first-order chi connectivity index (χ1) is 19.3. The van der Waals surface area contributed by atoms with Gasteiger partial charge in [-0.25, -0.2) is 4.79 Å². The van der Waals surface area contributed by atoms with Crippen molar-refractivity contribution in [2.45, 2.75) is 123 Å². The van der Waals surface area contributed by atoms with E-state index in [1.165, 1.54) is 0 Å². The monoisotopic (exact) mass is 578 g/mol. The van der Waals surface area contributed by atoms with E-state index in [0.29, 0.717) is 31.3 Å². The SMILES string of the molecule is CO[C@@H](C)[C@@H](C)[C@H](O)[C@H](C)[C@@H](O)CC[C@@H](C)[C@@H]1C/C=C\C=C\CC(O)C2O[C@H]2[C@@H](O)[C@H](C)/C=C(C)\C=C(/C)C(=O)O1. The van der Waals surface area contributed by atoms with Gasteiger partial charge in [-0.3, -0.25) is 0 Å². The van der Waals surface area contributed by atoms with Crippen LogP contribution in [0.15, 0.2) is 47.6 Å². The molecule has 2 aliphatic rings. The van der Waals surface area contributed by atoms with Crippen LogP contribution in [0.3, 0.4) is 0 Å². The third-order valence-electron chi connectivity index (χ3n) is 8.84. The average molecular weight is 579 g/mol. The van der Waals surface area contributed by atoms with E-state index in [2.05, 4.69) is 0 Å². The van der Waals surface area contributed by atoms with E-state index >= 15 is 0 Å². The van der Waals surface area contributed by atoms with Gasteiger partial charge in [-0.1, -0.05) is 63.6 Å². The van der Waals surface area contributed by atoms with E-state index in [9.17, 15) is 25.2 Å². The highest BCUT2D eigenvalue weighted by Gasteiger charge is 2.49. The van der Waals surface area contributed by atoms with Gasteiger partial charge in [-0.05, 0) is 52.0 Å². The zero-order valence-electron chi connectivity index (χ0n) is 26.1. The van der Waals surface area contributed by atoms with Crippen LogP contribution in [0.1, 0.15) is 74.1 Å². The number of hydrogen-bond donors (Lipinski definition) is 4. The van der Waals surface area contributed by atoms with Gasteiger partial charge in [0, 0.05) is 36.9 Å². The number of cyclic esters (lactones) is 1. The first kappa shape index (κ1) is 35.4. The zero-order valence-corrected chi connectivity index (χ0v) is 26.1. The van der Waals surface area contributed by atoms with Crippen molar-refractivity contribution >= 4 is 5.97 Å². The molecule has 0 bridgehead atoms. The van der Waals surface area contributed by atoms with Gasteiger partial charge in [0.25, 0.3) is 0 Å². The third kappa shape index (κ3) is 10.8. The summed E-state index contributed by atoms with van der Waals surface area (Å²) in [5, 5.41) is 42.7. The Morgan fingerprint density at radius 1 is 0.976 bits per heavy atom. The molecule has 12 atom stereocenters. The summed E-state index contributed by atoms with van der Waals surface area (Å²) in [6.07, 6.45) is 8.91. The minimum Gasteiger partial charge on any atom is -0.458 e. The Bertz CT molecular complexity index is 940. The predicted molar refractivity (Wildman–Crippen MR) is 160 cm³/mol. The summed E-state index contributed by atoms with van der Waals surface area (Å²) in [7, 11) is 1.61. The number of epoxide rings is 1. The summed E-state index contributed by atoms with van der Waals surface area (Å²) in [6, 6.07) is 0. The number of hydrogen-bond acceptors (Lipinski definition) is 8. The molecule has 8 nitrogen and oxygen atoms in total. The number of fused-ring (bicyclic) bond motifs is 1. The van der Waals surface area contributed by atoms with Crippen molar-refractivity contribution in [3.63, 3.8) is 0 Å². The number of methoxy groups -OCH3 is 1. The Kier molecular flexibility index (Phi) is 14.4. The van der Waals surface area contributed by atoms with Gasteiger partial charge in [0.05, 0.1) is 30.5 Å². The fourth-order valence-corrected chi connectivity index (χ4v) is 5.41. The molecule has 0 spiro atoms. The molecule has 234 valence electrons. The second-order valence-corrected chi connectivity index (χ2v) is 12.3. The van der Waals surface area contributed by atoms with Gasteiger partial charge < -0.3 is 34.6 Å². The minimum atomic E-state index is -0.760. The second-order valence-electron chi connectivity index (χ2n) is 12.3. The summed E-state index contributed by atoms with van der Waals surface area (Å²) in [5.41, 5.74) is 1.28. The zero-order chi connectivity index (χ0) is 30.9. The Morgan fingerprint density at radius 3 is 2.24 bits per heavy atom. The van der Waals surface area contributed by atoms with Crippen molar-refractivity contribution in [3.05, 3.63) is 47.6 Å². The number of aliphatic hydroxyl groups excluding tert-OH is 4. The molecule has 41 heavy (non-hydrogen) atoms. The fourth-order valence-electron chi connectivity index (χ4n) is 5.41. The average Bonchev–Trinajstić information content (AvgIpc) is 3.74. The first-order valence-electron chi connectivity index (χ1n) is 15.1. The molecular formula is C33H54O8. The van der Waals surface area contributed by atoms with Crippen LogP contribution in [0, 0.1) is 23.7 Å². The van der Waals surface area contributed by atoms with Gasteiger partial charge in [0.1, 0.15) is 18.3 Å². The number of ether oxygens (including phenoxy) is 3. The highest BCUT2D eigenvalue weighted by atomic mass is 16.6. The van der Waals surface area contributed by atoms with Crippen molar-refractivity contribution in [2.75, 3.05) is 7.11 Å². The van der Waals surface area contributed by atoms with Gasteiger partial charge in [-0.15, -0.1) is 0 Å². The lowest BCUT2D eigenvalue weighted by molar-refractivity contribution is -0.146. The lowest BCUT2D eigenvalue weighted by atomic mass is 9.83. The normalized spacial score (nSPS) is 36.7. The summed E-state index contributed by atoms with van der Waals surface area (Å²) in [5.74, 6) is -1.14. The second kappa shape index (κ2) is 16.7. The summed E-state index contributed by atoms with van der Waals surface area (Å²) in [6.45, 7) is 13.1. The number of esters is 1. The molecule has 4 N–H and O–H groups in total. The molecule has 2 unspecified atom stereocenters. The smallest absolute Gasteiger partial charge is 0.334 e. The molecule has 1 fully saturated rings. The Balaban J connectivity index is 2.14. The van der Waals surface area contributed by atoms with E-state index in [1.807, 2.05) is 71.9 Å². The number of rotatable bonds is 9. The van der Waals surface area contributed by atoms with Gasteiger partial charge >= 0.3 is 5.97 Å². The van der Waals surface area contributed by atoms with Crippen LogP contribution in [0.5, 0.6) is 0 Å². The van der Waals surface area contributed by atoms with E-state index in [0.717, 1.165) is 5.57 Å². The fraction of sp³-hybridized carbons (Fsp3) is 0.727. The summed E-state index contributed by atoms with van der Waals surface area (Å²) < 4.78 is 16.9. The van der Waals surface area contributed by atoms with Crippen LogP contribution in [0.2, 0.25) is 0 Å². The van der Waals surface area contributed by atoms with E-state index in [4.69, 9.17) is 14.2 Å². The maximum absolute atomic E-state index is 13.1. The first-order valence-corrected chi connectivity index (χ1v) is 15.1. The molecule has 0 aromatic carbocycles. The maximum atomic E-state index is 13.1. The Hall–Kier alpha value is -1.81. The largest absolute Gasteiger partial charge is 0.458 e. The van der Waals surface area contributed by atoms with Crippen molar-refractivity contribution in [3.8, 4) is 0 Å². The summed E-state index contributed by atoms with van der Waals surface area (Å²) in [4.78, 5) is 13.1. The van der Waals surface area contributed by atoms with Crippen molar-refractivity contribution in [2.24, 2.45) is 23.7 Å². The Morgan fingerprint density at radius 2 is 1.61 bits per heavy atom. The lowest BCUT2D eigenvalue weighted by Gasteiger charge is -2.32. The third-order valence-corrected chi connectivity index (χ3v) is 8.84. The molecule has 2 rings (SSSR count). The molecule has 1 saturated heterocycles. The van der Waals surface area contributed by atoms with Crippen molar-refractivity contribution in [1.29, 1.82) is 0 Å². The lowest BCUT2D eigenvalue weighted by Crippen LogP contribution is -2.39. The molecule has 0 amide bonds. The van der Waals surface area contributed by atoms with Crippen LogP contribution in [0.4, 0.5) is 0 Å². The van der Waals surface area contributed by atoms with Crippen LogP contribution in [-0.4, -0.2) is 82.3 Å². The van der Waals surface area contributed by atoms with Gasteiger partial charge in [-0.2, -0.15) is 0 Å². The van der Waals surface area contributed by atoms with Crippen LogP contribution in [-0.2, 0) is 19.0 Å². The van der Waals surface area contributed by atoms with E-state index in [1.54, 1.807) is 20.1 Å². The van der Waals surface area contributed by atoms with Crippen LogP contribution in [0.25, 0.3) is 0 Å². The Labute approximate surface area is 246 Å². The molecular weight excluding hydrogens is 524 g/mol. The summed E-state index contributed by atoms with van der Waals surface area (Å²) >= 11 is 0. The number of carbonyl (C=O) groups excluding carboxylic acids is 1. The molecule has 2 aliphatic heterocycles.